The molecular weight excluding hydrogens is 414 g/mol. The molecule has 4 aromatic rings. The predicted octanol–water partition coefficient (Wildman–Crippen LogP) is 4.72. The highest BCUT2D eigenvalue weighted by atomic mass is 35.5. The highest BCUT2D eigenvalue weighted by Gasteiger charge is 2.24. The molecule has 0 saturated heterocycles. The summed E-state index contributed by atoms with van der Waals surface area (Å²) in [5.41, 5.74) is 1.36. The van der Waals surface area contributed by atoms with Gasteiger partial charge in [0, 0.05) is 36.3 Å². The monoisotopic (exact) mass is 433 g/mol. The maximum absolute atomic E-state index is 13.3. The van der Waals surface area contributed by atoms with Crippen LogP contribution in [-0.2, 0) is 7.05 Å². The number of pyridine rings is 2. The van der Waals surface area contributed by atoms with Crippen LogP contribution >= 0.6 is 11.6 Å². The molecule has 156 valence electrons. The SMILES string of the molecule is Cn1c(=O)c(C(=O)CC(Nc2cccnc2)c2ccc(Cl)cc2)c(O)c2ccccc21. The molecule has 0 radical (unpaired) electrons. The van der Waals surface area contributed by atoms with Crippen molar-refractivity contribution in [3.8, 4) is 5.75 Å². The lowest BCUT2D eigenvalue weighted by molar-refractivity contribution is 0.0972. The van der Waals surface area contributed by atoms with Crippen molar-refractivity contribution < 1.29 is 9.90 Å². The Morgan fingerprint density at radius 2 is 1.87 bits per heavy atom. The fourth-order valence-corrected chi connectivity index (χ4v) is 3.74. The molecule has 0 saturated carbocycles. The zero-order chi connectivity index (χ0) is 22.0. The van der Waals surface area contributed by atoms with E-state index < -0.39 is 17.4 Å². The molecule has 0 aliphatic heterocycles. The largest absolute Gasteiger partial charge is 0.506 e. The standard InChI is InChI=1S/C24H20ClN3O3/c1-28-20-7-3-2-6-18(20)23(30)22(24(28)31)21(29)13-19(15-8-10-16(25)11-9-15)27-17-5-4-12-26-14-17/h2-12,14,19,27,30H,13H2,1H3. The number of aryl methyl sites for hydroxylation is 1. The van der Waals surface area contributed by atoms with Crippen LogP contribution < -0.4 is 10.9 Å². The van der Waals surface area contributed by atoms with E-state index in [1.807, 2.05) is 18.2 Å². The lowest BCUT2D eigenvalue weighted by Gasteiger charge is -2.20. The van der Waals surface area contributed by atoms with Gasteiger partial charge in [-0.1, -0.05) is 35.9 Å². The van der Waals surface area contributed by atoms with E-state index in [0.29, 0.717) is 15.9 Å². The van der Waals surface area contributed by atoms with Gasteiger partial charge in [-0.05, 0) is 42.0 Å². The fourth-order valence-electron chi connectivity index (χ4n) is 3.61. The number of nitrogens with one attached hydrogen (secondary N) is 1. The molecule has 0 bridgehead atoms. The molecule has 1 atom stereocenters. The molecule has 1 unspecified atom stereocenters. The van der Waals surface area contributed by atoms with E-state index in [1.165, 1.54) is 4.57 Å². The number of Topliss-reactive ketones (excluding diaryl/α,β-unsaturated/α-hetero) is 1. The summed E-state index contributed by atoms with van der Waals surface area (Å²) in [6.07, 6.45) is 3.27. The van der Waals surface area contributed by atoms with Gasteiger partial charge in [0.25, 0.3) is 5.56 Å². The maximum atomic E-state index is 13.3. The molecule has 2 heterocycles. The predicted molar refractivity (Wildman–Crippen MR) is 122 cm³/mol. The molecule has 2 N–H and O–H groups in total. The van der Waals surface area contributed by atoms with Crippen LogP contribution in [0.5, 0.6) is 5.75 Å². The Bertz CT molecular complexity index is 1300. The normalized spacial score (nSPS) is 11.9. The molecule has 2 aromatic carbocycles. The fraction of sp³-hybridized carbons (Fsp3) is 0.125. The lowest BCUT2D eigenvalue weighted by atomic mass is 9.96. The third kappa shape index (κ3) is 4.15. The Kier molecular flexibility index (Phi) is 5.73. The number of carbonyl (C=O) groups is 1. The summed E-state index contributed by atoms with van der Waals surface area (Å²) >= 11 is 6.02. The lowest BCUT2D eigenvalue weighted by Crippen LogP contribution is -2.26. The second kappa shape index (κ2) is 8.62. The first-order chi connectivity index (χ1) is 15.0. The van der Waals surface area contributed by atoms with Crippen molar-refractivity contribution in [3.63, 3.8) is 0 Å². The summed E-state index contributed by atoms with van der Waals surface area (Å²) in [7, 11) is 1.59. The number of benzene rings is 2. The summed E-state index contributed by atoms with van der Waals surface area (Å²) in [5.74, 6) is -0.750. The van der Waals surface area contributed by atoms with E-state index >= 15 is 0 Å². The Morgan fingerprint density at radius 1 is 1.13 bits per heavy atom. The number of hydrogen-bond donors (Lipinski definition) is 2. The third-order valence-electron chi connectivity index (χ3n) is 5.22. The summed E-state index contributed by atoms with van der Waals surface area (Å²) in [5, 5.41) is 15.1. The molecule has 0 fully saturated rings. The van der Waals surface area contributed by atoms with E-state index in [0.717, 1.165) is 11.3 Å². The molecule has 0 amide bonds. The minimum absolute atomic E-state index is 0.0440. The number of nitrogens with zero attached hydrogens (tertiary/aromatic N) is 2. The zero-order valence-electron chi connectivity index (χ0n) is 16.7. The molecule has 7 heteroatoms. The first-order valence-corrected chi connectivity index (χ1v) is 10.1. The summed E-state index contributed by atoms with van der Waals surface area (Å²) in [6.45, 7) is 0. The van der Waals surface area contributed by atoms with Gasteiger partial charge in [-0.15, -0.1) is 0 Å². The van der Waals surface area contributed by atoms with E-state index in [4.69, 9.17) is 11.6 Å². The smallest absolute Gasteiger partial charge is 0.265 e. The van der Waals surface area contributed by atoms with Crippen LogP contribution in [0.2, 0.25) is 5.02 Å². The molecule has 2 aromatic heterocycles. The van der Waals surface area contributed by atoms with Crippen molar-refractivity contribution in [2.75, 3.05) is 5.32 Å². The van der Waals surface area contributed by atoms with Crippen molar-refractivity contribution in [2.24, 2.45) is 7.05 Å². The van der Waals surface area contributed by atoms with Gasteiger partial charge >= 0.3 is 0 Å². The average Bonchev–Trinajstić information content (AvgIpc) is 2.78. The Balaban J connectivity index is 1.74. The number of fused-ring (bicyclic) bond motifs is 1. The van der Waals surface area contributed by atoms with Crippen LogP contribution in [0.3, 0.4) is 0 Å². The first-order valence-electron chi connectivity index (χ1n) is 9.71. The van der Waals surface area contributed by atoms with Gasteiger partial charge in [0.2, 0.25) is 0 Å². The number of rotatable bonds is 6. The van der Waals surface area contributed by atoms with Crippen molar-refractivity contribution in [1.82, 2.24) is 9.55 Å². The van der Waals surface area contributed by atoms with Crippen molar-refractivity contribution >= 4 is 34.0 Å². The molecule has 4 rings (SSSR count). The van der Waals surface area contributed by atoms with Gasteiger partial charge in [0.1, 0.15) is 11.3 Å². The van der Waals surface area contributed by atoms with E-state index in [2.05, 4.69) is 10.3 Å². The highest BCUT2D eigenvalue weighted by Crippen LogP contribution is 2.30. The minimum Gasteiger partial charge on any atom is -0.506 e. The molecule has 0 aliphatic carbocycles. The van der Waals surface area contributed by atoms with Gasteiger partial charge in [-0.2, -0.15) is 0 Å². The number of halogens is 1. The minimum atomic E-state index is -0.530. The quantitative estimate of drug-likeness (QED) is 0.430. The summed E-state index contributed by atoms with van der Waals surface area (Å²) in [4.78, 5) is 30.3. The molecule has 0 aliphatic rings. The van der Waals surface area contributed by atoms with Gasteiger partial charge < -0.3 is 15.0 Å². The second-order valence-corrected chi connectivity index (χ2v) is 7.66. The molecule has 31 heavy (non-hydrogen) atoms. The Morgan fingerprint density at radius 3 is 2.58 bits per heavy atom. The maximum Gasteiger partial charge on any atom is 0.265 e. The second-order valence-electron chi connectivity index (χ2n) is 7.22. The number of anilines is 1. The summed E-state index contributed by atoms with van der Waals surface area (Å²) in [6, 6.07) is 17.2. The number of ketones is 1. The van der Waals surface area contributed by atoms with Gasteiger partial charge in [0.15, 0.2) is 5.78 Å². The van der Waals surface area contributed by atoms with E-state index in [1.54, 1.807) is 61.9 Å². The number of para-hydroxylation sites is 1. The highest BCUT2D eigenvalue weighted by molar-refractivity contribution is 6.30. The van der Waals surface area contributed by atoms with Crippen molar-refractivity contribution in [3.05, 3.63) is 99.6 Å². The van der Waals surface area contributed by atoms with Crippen molar-refractivity contribution in [2.45, 2.75) is 12.5 Å². The molecule has 0 spiro atoms. The van der Waals surface area contributed by atoms with Crippen LogP contribution in [0.4, 0.5) is 5.69 Å². The number of carbonyl (C=O) groups excluding carboxylic acids is 1. The van der Waals surface area contributed by atoms with Crippen LogP contribution in [0, 0.1) is 0 Å². The van der Waals surface area contributed by atoms with Gasteiger partial charge in [-0.25, -0.2) is 0 Å². The molecule has 6 nitrogen and oxygen atoms in total. The van der Waals surface area contributed by atoms with Gasteiger partial charge in [0.05, 0.1) is 17.2 Å². The van der Waals surface area contributed by atoms with Crippen LogP contribution in [0.25, 0.3) is 10.9 Å². The topological polar surface area (TPSA) is 84.2 Å². The zero-order valence-corrected chi connectivity index (χ0v) is 17.5. The number of aromatic hydroxyl groups is 1. The number of hydrogen-bond acceptors (Lipinski definition) is 5. The average molecular weight is 434 g/mol. The van der Waals surface area contributed by atoms with Crippen LogP contribution in [0.15, 0.2) is 77.9 Å². The molecular formula is C24H20ClN3O3. The first kappa shape index (κ1) is 20.6. The third-order valence-corrected chi connectivity index (χ3v) is 5.47. The van der Waals surface area contributed by atoms with Gasteiger partial charge in [-0.3, -0.25) is 14.6 Å². The Labute approximate surface area is 183 Å². The van der Waals surface area contributed by atoms with Crippen LogP contribution in [-0.4, -0.2) is 20.4 Å². The van der Waals surface area contributed by atoms with Crippen molar-refractivity contribution in [1.29, 1.82) is 0 Å². The summed E-state index contributed by atoms with van der Waals surface area (Å²) < 4.78 is 1.38. The van der Waals surface area contributed by atoms with E-state index in [-0.39, 0.29) is 17.7 Å². The number of aromatic nitrogens is 2. The Hall–Kier alpha value is -3.64. The van der Waals surface area contributed by atoms with E-state index in [9.17, 15) is 14.7 Å². The van der Waals surface area contributed by atoms with Crippen LogP contribution in [0.1, 0.15) is 28.4 Å².